The monoisotopic (exact) mass is 181 g/mol. The highest BCUT2D eigenvalue weighted by Crippen LogP contribution is 2.20. The van der Waals surface area contributed by atoms with Crippen LogP contribution in [0.2, 0.25) is 0 Å². The van der Waals surface area contributed by atoms with Crippen LogP contribution < -0.4 is 0 Å². The fraction of sp³-hybridized carbons (Fsp3) is 0.545. The fourth-order valence-electron chi connectivity index (χ4n) is 0.836. The zero-order chi connectivity index (χ0) is 10.5. The van der Waals surface area contributed by atoms with Crippen LogP contribution in [-0.4, -0.2) is 12.3 Å². The van der Waals surface area contributed by atoms with Gasteiger partial charge >= 0.3 is 0 Å². The standard InChI is InChI=1S/C11H19NO/c1-6-8-9(13-7-2)10(12)11(3,4)5/h6,8,12H,1,7H2,2-5H3/b9-8+,12-10?. The van der Waals surface area contributed by atoms with Crippen molar-refractivity contribution in [1.29, 1.82) is 5.41 Å². The van der Waals surface area contributed by atoms with E-state index in [1.54, 1.807) is 12.2 Å². The fourth-order valence-corrected chi connectivity index (χ4v) is 0.836. The van der Waals surface area contributed by atoms with E-state index in [0.717, 1.165) is 0 Å². The lowest BCUT2D eigenvalue weighted by molar-refractivity contribution is 0.244. The summed E-state index contributed by atoms with van der Waals surface area (Å²) in [7, 11) is 0. The van der Waals surface area contributed by atoms with Crippen molar-refractivity contribution in [3.8, 4) is 0 Å². The summed E-state index contributed by atoms with van der Waals surface area (Å²) < 4.78 is 5.34. The number of nitrogens with one attached hydrogen (secondary N) is 1. The zero-order valence-corrected chi connectivity index (χ0v) is 8.98. The van der Waals surface area contributed by atoms with Crippen LogP contribution in [-0.2, 0) is 4.74 Å². The molecule has 0 atom stereocenters. The predicted molar refractivity (Wildman–Crippen MR) is 57.1 cm³/mol. The maximum Gasteiger partial charge on any atom is 0.140 e. The minimum atomic E-state index is -0.177. The Morgan fingerprint density at radius 1 is 1.46 bits per heavy atom. The second-order valence-corrected chi connectivity index (χ2v) is 3.82. The summed E-state index contributed by atoms with van der Waals surface area (Å²) in [4.78, 5) is 0. The lowest BCUT2D eigenvalue weighted by atomic mass is 9.88. The first kappa shape index (κ1) is 11.9. The molecule has 2 heteroatoms. The lowest BCUT2D eigenvalue weighted by Crippen LogP contribution is -2.22. The molecule has 0 aliphatic rings. The summed E-state index contributed by atoms with van der Waals surface area (Å²) in [6.45, 7) is 12.1. The van der Waals surface area contributed by atoms with Gasteiger partial charge in [0.1, 0.15) is 5.76 Å². The third-order valence-corrected chi connectivity index (χ3v) is 1.57. The van der Waals surface area contributed by atoms with Crippen molar-refractivity contribution in [1.82, 2.24) is 0 Å². The Kier molecular flexibility index (Phi) is 4.46. The van der Waals surface area contributed by atoms with E-state index in [0.29, 0.717) is 18.1 Å². The number of ether oxygens (including phenoxy) is 1. The smallest absolute Gasteiger partial charge is 0.140 e. The molecule has 13 heavy (non-hydrogen) atoms. The molecule has 0 heterocycles. The molecule has 0 aromatic heterocycles. The van der Waals surface area contributed by atoms with E-state index in [-0.39, 0.29) is 5.41 Å². The number of allylic oxidation sites excluding steroid dienone is 3. The van der Waals surface area contributed by atoms with Crippen molar-refractivity contribution in [3.05, 3.63) is 24.5 Å². The molecule has 0 saturated carbocycles. The highest BCUT2D eigenvalue weighted by Gasteiger charge is 2.21. The summed E-state index contributed by atoms with van der Waals surface area (Å²) in [5.74, 6) is 0.616. The molecule has 0 radical (unpaired) electrons. The van der Waals surface area contributed by atoms with Gasteiger partial charge in [0.25, 0.3) is 0 Å². The normalized spacial score (nSPS) is 12.5. The van der Waals surface area contributed by atoms with Gasteiger partial charge in [-0.25, -0.2) is 0 Å². The van der Waals surface area contributed by atoms with Gasteiger partial charge in [-0.15, -0.1) is 0 Å². The van der Waals surface area contributed by atoms with Gasteiger partial charge in [0.2, 0.25) is 0 Å². The first-order chi connectivity index (χ1) is 5.93. The van der Waals surface area contributed by atoms with E-state index >= 15 is 0 Å². The molecular weight excluding hydrogens is 162 g/mol. The van der Waals surface area contributed by atoms with Crippen LogP contribution in [0.1, 0.15) is 27.7 Å². The van der Waals surface area contributed by atoms with Crippen LogP contribution in [0.15, 0.2) is 24.5 Å². The largest absolute Gasteiger partial charge is 0.492 e. The predicted octanol–water partition coefficient (Wildman–Crippen LogP) is 3.16. The molecule has 0 aliphatic heterocycles. The van der Waals surface area contributed by atoms with E-state index in [1.807, 2.05) is 27.7 Å². The molecule has 0 aliphatic carbocycles. The van der Waals surface area contributed by atoms with Crippen LogP contribution >= 0.6 is 0 Å². The molecule has 0 amide bonds. The topological polar surface area (TPSA) is 33.1 Å². The van der Waals surface area contributed by atoms with Crippen molar-refractivity contribution in [2.45, 2.75) is 27.7 Å². The third-order valence-electron chi connectivity index (χ3n) is 1.57. The summed E-state index contributed by atoms with van der Waals surface area (Å²) >= 11 is 0. The van der Waals surface area contributed by atoms with Gasteiger partial charge in [-0.2, -0.15) is 0 Å². The molecule has 0 aromatic carbocycles. The Hall–Kier alpha value is -1.05. The SMILES string of the molecule is C=C/C=C(/OCC)C(=N)C(C)(C)C. The van der Waals surface area contributed by atoms with E-state index in [9.17, 15) is 0 Å². The average molecular weight is 181 g/mol. The molecule has 0 saturated heterocycles. The zero-order valence-electron chi connectivity index (χ0n) is 8.98. The Labute approximate surface area is 80.8 Å². The Morgan fingerprint density at radius 3 is 2.31 bits per heavy atom. The van der Waals surface area contributed by atoms with Gasteiger partial charge in [0, 0.05) is 5.41 Å². The van der Waals surface area contributed by atoms with E-state index in [4.69, 9.17) is 10.1 Å². The van der Waals surface area contributed by atoms with Gasteiger partial charge in [0.15, 0.2) is 0 Å². The number of hydrogen-bond acceptors (Lipinski definition) is 2. The highest BCUT2D eigenvalue weighted by molar-refractivity contribution is 5.99. The summed E-state index contributed by atoms with van der Waals surface area (Å²) in [6, 6.07) is 0. The van der Waals surface area contributed by atoms with Gasteiger partial charge in [-0.1, -0.05) is 33.4 Å². The Bertz CT molecular complexity index is 221. The van der Waals surface area contributed by atoms with Gasteiger partial charge < -0.3 is 10.1 Å². The van der Waals surface area contributed by atoms with E-state index < -0.39 is 0 Å². The van der Waals surface area contributed by atoms with Gasteiger partial charge in [-0.05, 0) is 13.0 Å². The van der Waals surface area contributed by atoms with Crippen molar-refractivity contribution in [3.63, 3.8) is 0 Å². The molecule has 0 bridgehead atoms. The minimum absolute atomic E-state index is 0.177. The Morgan fingerprint density at radius 2 is 2.00 bits per heavy atom. The molecule has 0 rings (SSSR count). The van der Waals surface area contributed by atoms with E-state index in [1.165, 1.54) is 0 Å². The van der Waals surface area contributed by atoms with Crippen LogP contribution in [0.5, 0.6) is 0 Å². The molecule has 0 aromatic rings. The van der Waals surface area contributed by atoms with Crippen LogP contribution in [0.25, 0.3) is 0 Å². The lowest BCUT2D eigenvalue weighted by Gasteiger charge is -2.21. The molecule has 0 unspecified atom stereocenters. The molecule has 0 fully saturated rings. The second kappa shape index (κ2) is 4.85. The van der Waals surface area contributed by atoms with Crippen molar-refractivity contribution >= 4 is 5.71 Å². The number of rotatable bonds is 4. The molecule has 2 nitrogen and oxygen atoms in total. The first-order valence-electron chi connectivity index (χ1n) is 4.48. The summed E-state index contributed by atoms with van der Waals surface area (Å²) in [5, 5.41) is 7.86. The Balaban J connectivity index is 4.66. The van der Waals surface area contributed by atoms with Crippen LogP contribution in [0.3, 0.4) is 0 Å². The van der Waals surface area contributed by atoms with Crippen molar-refractivity contribution in [2.24, 2.45) is 5.41 Å². The quantitative estimate of drug-likeness (QED) is 0.403. The first-order valence-corrected chi connectivity index (χ1v) is 4.48. The molecule has 0 spiro atoms. The molecular formula is C11H19NO. The summed E-state index contributed by atoms with van der Waals surface area (Å²) in [5.41, 5.74) is 0.332. The third kappa shape index (κ3) is 3.92. The van der Waals surface area contributed by atoms with E-state index in [2.05, 4.69) is 6.58 Å². The number of hydrogen-bond donors (Lipinski definition) is 1. The van der Waals surface area contributed by atoms with Crippen molar-refractivity contribution in [2.75, 3.05) is 6.61 Å². The highest BCUT2D eigenvalue weighted by atomic mass is 16.5. The molecule has 1 N–H and O–H groups in total. The second-order valence-electron chi connectivity index (χ2n) is 3.82. The van der Waals surface area contributed by atoms with Gasteiger partial charge in [0.05, 0.1) is 12.3 Å². The minimum Gasteiger partial charge on any atom is -0.492 e. The molecule has 74 valence electrons. The maximum atomic E-state index is 7.86. The maximum absolute atomic E-state index is 7.86. The van der Waals surface area contributed by atoms with Crippen molar-refractivity contribution < 1.29 is 4.74 Å². The van der Waals surface area contributed by atoms with Crippen LogP contribution in [0.4, 0.5) is 0 Å². The van der Waals surface area contributed by atoms with Gasteiger partial charge in [-0.3, -0.25) is 0 Å². The average Bonchev–Trinajstić information content (AvgIpc) is 2.01. The summed E-state index contributed by atoms with van der Waals surface area (Å²) in [6.07, 6.45) is 3.38. The van der Waals surface area contributed by atoms with Crippen LogP contribution in [0, 0.1) is 10.8 Å².